The first kappa shape index (κ1) is 15.0. The highest BCUT2D eigenvalue weighted by molar-refractivity contribution is 6.34. The molecule has 7 heteroatoms. The molecule has 3 heterocycles. The molecule has 0 aliphatic carbocycles. The number of hydrogen-bond donors (Lipinski definition) is 1. The van der Waals surface area contributed by atoms with Gasteiger partial charge in [0.1, 0.15) is 17.9 Å². The number of amidine groups is 1. The molecule has 2 aromatic rings. The van der Waals surface area contributed by atoms with Gasteiger partial charge in [0.2, 0.25) is 5.88 Å². The fourth-order valence-corrected chi connectivity index (χ4v) is 3.21. The third-order valence-corrected chi connectivity index (χ3v) is 4.39. The zero-order chi connectivity index (χ0) is 16.8. The van der Waals surface area contributed by atoms with Crippen LogP contribution < -0.4 is 5.32 Å². The Morgan fingerprint density at radius 2 is 2.21 bits per heavy atom. The maximum absolute atomic E-state index is 12.8. The van der Waals surface area contributed by atoms with E-state index in [9.17, 15) is 4.79 Å². The maximum Gasteiger partial charge on any atom is 0.260 e. The molecular weight excluding hydrogens is 328 g/mol. The van der Waals surface area contributed by atoms with Gasteiger partial charge in [-0.15, -0.1) is 0 Å². The highest BCUT2D eigenvalue weighted by atomic mass is 35.5. The van der Waals surface area contributed by atoms with E-state index in [-0.39, 0.29) is 5.91 Å². The number of hydrogen-bond acceptors (Lipinski definition) is 5. The molecule has 0 atom stereocenters. The normalized spacial score (nSPS) is 15.1. The van der Waals surface area contributed by atoms with E-state index in [1.165, 1.54) is 0 Å². The molecule has 0 saturated heterocycles. The second kappa shape index (κ2) is 5.49. The Labute approximate surface area is 143 Å². The minimum absolute atomic E-state index is 0.282. The van der Waals surface area contributed by atoms with Gasteiger partial charge < -0.3 is 14.6 Å². The van der Waals surface area contributed by atoms with E-state index < -0.39 is 0 Å². The Morgan fingerprint density at radius 3 is 3.00 bits per heavy atom. The SMILES string of the molecule is Cc1ccc(NC(=O)c2c(C)oc3c2C2=NCCN2C=N3)c(Cl)c1. The first-order valence-electron chi connectivity index (χ1n) is 7.61. The Hall–Kier alpha value is -2.60. The summed E-state index contributed by atoms with van der Waals surface area (Å²) >= 11 is 6.21. The molecule has 0 bridgehead atoms. The fraction of sp³-hybridized carbons (Fsp3) is 0.235. The highest BCUT2D eigenvalue weighted by Gasteiger charge is 2.33. The van der Waals surface area contributed by atoms with Crippen LogP contribution in [0.25, 0.3) is 0 Å². The molecule has 122 valence electrons. The average Bonchev–Trinajstić information content (AvgIpc) is 3.12. The minimum atomic E-state index is -0.282. The summed E-state index contributed by atoms with van der Waals surface area (Å²) in [6.45, 7) is 5.13. The Bertz CT molecular complexity index is 914. The molecule has 0 spiro atoms. The van der Waals surface area contributed by atoms with Crippen LogP contribution in [0, 0.1) is 13.8 Å². The molecular formula is C17H15ClN4O2. The molecule has 0 radical (unpaired) electrons. The molecule has 1 N–H and O–H groups in total. The number of amides is 1. The summed E-state index contributed by atoms with van der Waals surface area (Å²) < 4.78 is 5.65. The maximum atomic E-state index is 12.8. The topological polar surface area (TPSA) is 70.2 Å². The van der Waals surface area contributed by atoms with Crippen molar-refractivity contribution in [3.63, 3.8) is 0 Å². The number of benzene rings is 1. The van der Waals surface area contributed by atoms with E-state index in [2.05, 4.69) is 15.3 Å². The van der Waals surface area contributed by atoms with E-state index in [0.29, 0.717) is 40.0 Å². The van der Waals surface area contributed by atoms with E-state index >= 15 is 0 Å². The van der Waals surface area contributed by atoms with Crippen molar-refractivity contribution in [2.24, 2.45) is 9.98 Å². The molecule has 0 fully saturated rings. The molecule has 1 aromatic heterocycles. The number of fused-ring (bicyclic) bond motifs is 3. The molecule has 2 aliphatic heterocycles. The largest absolute Gasteiger partial charge is 0.442 e. The van der Waals surface area contributed by atoms with E-state index in [1.54, 1.807) is 19.3 Å². The lowest BCUT2D eigenvalue weighted by Gasteiger charge is -2.18. The molecule has 0 unspecified atom stereocenters. The van der Waals surface area contributed by atoms with Crippen molar-refractivity contribution < 1.29 is 9.21 Å². The zero-order valence-electron chi connectivity index (χ0n) is 13.3. The van der Waals surface area contributed by atoms with Gasteiger partial charge in [-0.3, -0.25) is 9.79 Å². The molecule has 0 saturated carbocycles. The van der Waals surface area contributed by atoms with Crippen LogP contribution in [0.15, 0.2) is 32.6 Å². The summed E-state index contributed by atoms with van der Waals surface area (Å²) in [5, 5.41) is 3.35. The van der Waals surface area contributed by atoms with Gasteiger partial charge in [0, 0.05) is 6.54 Å². The van der Waals surface area contributed by atoms with Crippen LogP contribution in [0.1, 0.15) is 27.2 Å². The van der Waals surface area contributed by atoms with Gasteiger partial charge in [-0.25, -0.2) is 4.99 Å². The molecule has 1 amide bonds. The average molecular weight is 343 g/mol. The second-order valence-electron chi connectivity index (χ2n) is 5.79. The number of aryl methyl sites for hydroxylation is 2. The minimum Gasteiger partial charge on any atom is -0.442 e. The van der Waals surface area contributed by atoms with Crippen molar-refractivity contribution in [2.75, 3.05) is 18.4 Å². The van der Waals surface area contributed by atoms with Gasteiger partial charge in [0.15, 0.2) is 0 Å². The lowest BCUT2D eigenvalue weighted by molar-refractivity contribution is 0.102. The number of furan rings is 1. The van der Waals surface area contributed by atoms with Crippen molar-refractivity contribution >= 4 is 41.3 Å². The van der Waals surface area contributed by atoms with Crippen LogP contribution in [0.5, 0.6) is 0 Å². The van der Waals surface area contributed by atoms with Crippen molar-refractivity contribution in [3.8, 4) is 0 Å². The summed E-state index contributed by atoms with van der Waals surface area (Å²) in [7, 11) is 0. The number of carbonyl (C=O) groups is 1. The number of nitrogens with one attached hydrogen (secondary N) is 1. The zero-order valence-corrected chi connectivity index (χ0v) is 14.0. The number of halogens is 1. The predicted molar refractivity (Wildman–Crippen MR) is 93.8 cm³/mol. The van der Waals surface area contributed by atoms with Gasteiger partial charge in [-0.05, 0) is 31.5 Å². The fourth-order valence-electron chi connectivity index (χ4n) is 2.93. The molecule has 6 nitrogen and oxygen atoms in total. The standard InChI is InChI=1S/C17H15ClN4O2/c1-9-3-4-12(11(18)7-9)21-16(23)13-10(2)24-17-14(13)15-19-5-6-22(15)8-20-17/h3-4,7-8H,5-6H2,1-2H3,(H,21,23). The van der Waals surface area contributed by atoms with Gasteiger partial charge in [-0.1, -0.05) is 17.7 Å². The number of anilines is 1. The van der Waals surface area contributed by atoms with Crippen molar-refractivity contribution in [3.05, 3.63) is 45.7 Å². The first-order chi connectivity index (χ1) is 11.5. The second-order valence-corrected chi connectivity index (χ2v) is 6.20. The Balaban J connectivity index is 1.74. The lowest BCUT2D eigenvalue weighted by atomic mass is 10.1. The third kappa shape index (κ3) is 2.30. The monoisotopic (exact) mass is 342 g/mol. The van der Waals surface area contributed by atoms with Crippen LogP contribution in [0.2, 0.25) is 5.02 Å². The molecule has 2 aliphatic rings. The quantitative estimate of drug-likeness (QED) is 0.907. The van der Waals surface area contributed by atoms with Crippen molar-refractivity contribution in [2.45, 2.75) is 13.8 Å². The number of carbonyl (C=O) groups excluding carboxylic acids is 1. The highest BCUT2D eigenvalue weighted by Crippen LogP contribution is 2.35. The summed E-state index contributed by atoms with van der Waals surface area (Å²) in [6, 6.07) is 5.49. The summed E-state index contributed by atoms with van der Waals surface area (Å²) in [6.07, 6.45) is 1.69. The summed E-state index contributed by atoms with van der Waals surface area (Å²) in [5.41, 5.74) is 2.68. The van der Waals surface area contributed by atoms with Crippen LogP contribution >= 0.6 is 11.6 Å². The molecule has 24 heavy (non-hydrogen) atoms. The number of nitrogens with zero attached hydrogens (tertiary/aromatic N) is 3. The first-order valence-corrected chi connectivity index (χ1v) is 7.99. The lowest BCUT2D eigenvalue weighted by Crippen LogP contribution is -2.30. The predicted octanol–water partition coefficient (Wildman–Crippen LogP) is 3.54. The van der Waals surface area contributed by atoms with Gasteiger partial charge in [0.05, 0.1) is 28.4 Å². The van der Waals surface area contributed by atoms with E-state index in [0.717, 1.165) is 17.9 Å². The number of rotatable bonds is 2. The van der Waals surface area contributed by atoms with Gasteiger partial charge in [0.25, 0.3) is 5.91 Å². The summed E-state index contributed by atoms with van der Waals surface area (Å²) in [5.74, 6) is 1.38. The van der Waals surface area contributed by atoms with Crippen LogP contribution in [0.4, 0.5) is 11.6 Å². The third-order valence-electron chi connectivity index (χ3n) is 4.08. The molecule has 1 aromatic carbocycles. The van der Waals surface area contributed by atoms with Crippen LogP contribution in [0.3, 0.4) is 0 Å². The smallest absolute Gasteiger partial charge is 0.260 e. The molecule has 4 rings (SSSR count). The summed E-state index contributed by atoms with van der Waals surface area (Å²) in [4.78, 5) is 23.5. The Kier molecular flexibility index (Phi) is 3.42. The van der Waals surface area contributed by atoms with Crippen molar-refractivity contribution in [1.29, 1.82) is 0 Å². The van der Waals surface area contributed by atoms with E-state index in [4.69, 9.17) is 16.0 Å². The van der Waals surface area contributed by atoms with Crippen LogP contribution in [-0.2, 0) is 0 Å². The number of aliphatic imine (C=N–C) groups is 2. The Morgan fingerprint density at radius 1 is 1.38 bits per heavy atom. The van der Waals surface area contributed by atoms with E-state index in [1.807, 2.05) is 24.0 Å². The van der Waals surface area contributed by atoms with Crippen LogP contribution in [-0.4, -0.2) is 36.1 Å². The van der Waals surface area contributed by atoms with Crippen molar-refractivity contribution in [1.82, 2.24) is 4.90 Å². The van der Waals surface area contributed by atoms with Gasteiger partial charge >= 0.3 is 0 Å². The van der Waals surface area contributed by atoms with Gasteiger partial charge in [-0.2, -0.15) is 0 Å².